The second-order valence-electron chi connectivity index (χ2n) is 8.85. The number of hydrogen-bond donors (Lipinski definition) is 1. The number of esters is 1. The Labute approximate surface area is 184 Å². The van der Waals surface area contributed by atoms with E-state index >= 15 is 0 Å². The van der Waals surface area contributed by atoms with Gasteiger partial charge < -0.3 is 18.8 Å². The van der Waals surface area contributed by atoms with E-state index in [2.05, 4.69) is 65.7 Å². The van der Waals surface area contributed by atoms with Crippen molar-refractivity contribution in [3.63, 3.8) is 0 Å². The number of fused-ring (bicyclic) bond motifs is 1. The van der Waals surface area contributed by atoms with Crippen molar-refractivity contribution in [1.29, 1.82) is 0 Å². The number of halogens is 2. The molecule has 3 atom stereocenters. The fourth-order valence-corrected chi connectivity index (χ4v) is 5.61. The molecule has 0 bridgehead atoms. The van der Waals surface area contributed by atoms with Crippen LogP contribution in [0.4, 0.5) is 0 Å². The van der Waals surface area contributed by atoms with Crippen LogP contribution in [-0.2, 0) is 24.4 Å². The van der Waals surface area contributed by atoms with Gasteiger partial charge in [-0.15, -0.1) is 0 Å². The summed E-state index contributed by atoms with van der Waals surface area (Å²) in [5.41, 5.74) is -1.69. The summed E-state index contributed by atoms with van der Waals surface area (Å²) in [4.78, 5) is 25.1. The molecule has 0 fully saturated rings. The SMILES string of the molecule is COC(=O)[C@]1(O)c2cc(Br)c(Br)n2[C@H](CCO[Si](C)(C)C(C)(C)C)[C@H]1C(C)=O. The minimum Gasteiger partial charge on any atom is -0.467 e. The molecule has 1 aliphatic heterocycles. The smallest absolute Gasteiger partial charge is 0.345 e. The number of aromatic nitrogens is 1. The van der Waals surface area contributed by atoms with Gasteiger partial charge in [0.25, 0.3) is 0 Å². The Morgan fingerprint density at radius 3 is 2.36 bits per heavy atom. The summed E-state index contributed by atoms with van der Waals surface area (Å²) in [5, 5.41) is 11.4. The molecule has 9 heteroatoms. The van der Waals surface area contributed by atoms with Crippen molar-refractivity contribution in [2.24, 2.45) is 5.92 Å². The van der Waals surface area contributed by atoms with Crippen LogP contribution in [0.2, 0.25) is 18.1 Å². The third-order valence-corrected chi connectivity index (χ3v) is 12.6. The van der Waals surface area contributed by atoms with Gasteiger partial charge in [-0.2, -0.15) is 0 Å². The van der Waals surface area contributed by atoms with Gasteiger partial charge in [0.1, 0.15) is 5.78 Å². The monoisotopic (exact) mass is 537 g/mol. The summed E-state index contributed by atoms with van der Waals surface area (Å²) in [5.74, 6) is -2.04. The molecule has 0 amide bonds. The number of carbonyl (C=O) groups is 2. The molecule has 1 aromatic heterocycles. The second-order valence-corrected chi connectivity index (χ2v) is 15.3. The van der Waals surface area contributed by atoms with Crippen molar-refractivity contribution in [1.82, 2.24) is 4.57 Å². The van der Waals surface area contributed by atoms with Gasteiger partial charge in [0, 0.05) is 6.61 Å². The first-order valence-corrected chi connectivity index (χ1v) is 13.7. The molecule has 1 aliphatic rings. The van der Waals surface area contributed by atoms with Crippen molar-refractivity contribution in [3.05, 3.63) is 20.8 Å². The molecule has 0 saturated carbocycles. The Morgan fingerprint density at radius 1 is 1.32 bits per heavy atom. The third-order valence-electron chi connectivity index (χ3n) is 6.11. The van der Waals surface area contributed by atoms with Crippen LogP contribution in [0.25, 0.3) is 0 Å². The number of rotatable bonds is 6. The highest BCUT2D eigenvalue weighted by Crippen LogP contribution is 2.52. The molecule has 2 heterocycles. The van der Waals surface area contributed by atoms with E-state index < -0.39 is 31.8 Å². The largest absolute Gasteiger partial charge is 0.467 e. The standard InChI is InChI=1S/C19H29Br2NO5Si/c1-11(23)15-13(8-9-27-28(6,7)18(2,3)4)22-14(10-12(20)16(22)21)19(15,25)17(24)26-5/h10,13,15,25H,8-9H2,1-7H3/t13-,15-,19+/m1/s1. The molecular weight excluding hydrogens is 510 g/mol. The molecule has 0 spiro atoms. The van der Waals surface area contributed by atoms with Crippen LogP contribution in [0, 0.1) is 5.92 Å². The molecule has 158 valence electrons. The molecule has 0 radical (unpaired) electrons. The zero-order valence-electron chi connectivity index (χ0n) is 17.4. The maximum atomic E-state index is 12.6. The number of ketones is 1. The van der Waals surface area contributed by atoms with Gasteiger partial charge in [0.15, 0.2) is 8.32 Å². The van der Waals surface area contributed by atoms with Crippen molar-refractivity contribution in [2.75, 3.05) is 13.7 Å². The van der Waals surface area contributed by atoms with Gasteiger partial charge >= 0.3 is 5.97 Å². The summed E-state index contributed by atoms with van der Waals surface area (Å²) < 4.78 is 14.3. The van der Waals surface area contributed by atoms with E-state index in [1.165, 1.54) is 14.0 Å². The molecule has 0 aliphatic carbocycles. The molecule has 0 saturated heterocycles. The number of aliphatic hydroxyl groups is 1. The van der Waals surface area contributed by atoms with E-state index in [9.17, 15) is 14.7 Å². The highest BCUT2D eigenvalue weighted by Gasteiger charge is 2.60. The maximum absolute atomic E-state index is 12.6. The first-order valence-electron chi connectivity index (χ1n) is 9.22. The van der Waals surface area contributed by atoms with Crippen molar-refractivity contribution < 1.29 is 23.9 Å². The van der Waals surface area contributed by atoms with E-state index in [-0.39, 0.29) is 10.8 Å². The Kier molecular flexibility index (Phi) is 6.78. The Hall–Kier alpha value is -0.483. The van der Waals surface area contributed by atoms with Crippen LogP contribution in [0.5, 0.6) is 0 Å². The molecular formula is C19H29Br2NO5Si. The van der Waals surface area contributed by atoms with E-state index in [0.29, 0.717) is 27.8 Å². The predicted octanol–water partition coefficient (Wildman–Crippen LogP) is 4.55. The first kappa shape index (κ1) is 23.8. The summed E-state index contributed by atoms with van der Waals surface area (Å²) in [6.07, 6.45) is 0.489. The molecule has 0 aromatic carbocycles. The van der Waals surface area contributed by atoms with E-state index in [0.717, 1.165) is 0 Å². The van der Waals surface area contributed by atoms with Crippen molar-refractivity contribution in [2.45, 2.75) is 63.9 Å². The summed E-state index contributed by atoms with van der Waals surface area (Å²) in [7, 11) is -0.749. The minimum absolute atomic E-state index is 0.0671. The molecule has 1 N–H and O–H groups in total. The molecule has 2 rings (SSSR count). The lowest BCUT2D eigenvalue weighted by atomic mass is 9.80. The summed E-state index contributed by atoms with van der Waals surface area (Å²) in [6, 6.07) is 1.23. The zero-order valence-corrected chi connectivity index (χ0v) is 21.6. The molecule has 28 heavy (non-hydrogen) atoms. The van der Waals surface area contributed by atoms with Gasteiger partial charge in [-0.05, 0) is 69.4 Å². The number of carbonyl (C=O) groups excluding carboxylic acids is 2. The fraction of sp³-hybridized carbons (Fsp3) is 0.684. The fourth-order valence-electron chi connectivity index (χ4n) is 3.57. The van der Waals surface area contributed by atoms with Gasteiger partial charge in [-0.1, -0.05) is 20.8 Å². The highest BCUT2D eigenvalue weighted by atomic mass is 79.9. The average molecular weight is 539 g/mol. The quantitative estimate of drug-likeness (QED) is 0.424. The Morgan fingerprint density at radius 2 is 1.89 bits per heavy atom. The van der Waals surface area contributed by atoms with Gasteiger partial charge in [0.2, 0.25) is 5.60 Å². The average Bonchev–Trinajstić information content (AvgIpc) is 2.99. The van der Waals surface area contributed by atoms with Crippen molar-refractivity contribution in [3.8, 4) is 0 Å². The highest BCUT2D eigenvalue weighted by molar-refractivity contribution is 9.13. The normalized spacial score (nSPS) is 24.9. The van der Waals surface area contributed by atoms with Crippen LogP contribution in [0.1, 0.15) is 45.9 Å². The van der Waals surface area contributed by atoms with Gasteiger partial charge in [-0.25, -0.2) is 4.79 Å². The topological polar surface area (TPSA) is 77.8 Å². The van der Waals surface area contributed by atoms with Gasteiger partial charge in [-0.3, -0.25) is 4.79 Å². The van der Waals surface area contributed by atoms with Gasteiger partial charge in [0.05, 0.1) is 33.8 Å². The van der Waals surface area contributed by atoms with Crippen LogP contribution < -0.4 is 0 Å². The molecule has 0 unspecified atom stereocenters. The first-order chi connectivity index (χ1) is 12.7. The minimum atomic E-state index is -2.03. The summed E-state index contributed by atoms with van der Waals surface area (Å²) >= 11 is 6.95. The summed E-state index contributed by atoms with van der Waals surface area (Å²) in [6.45, 7) is 12.7. The van der Waals surface area contributed by atoms with Crippen LogP contribution in [0.3, 0.4) is 0 Å². The van der Waals surface area contributed by atoms with E-state index in [4.69, 9.17) is 9.16 Å². The number of ether oxygens (including phenoxy) is 1. The Balaban J connectivity index is 2.43. The lowest BCUT2D eigenvalue weighted by molar-refractivity contribution is -0.172. The van der Waals surface area contributed by atoms with E-state index in [1.54, 1.807) is 6.07 Å². The third kappa shape index (κ3) is 3.80. The Bertz CT molecular complexity index is 786. The van der Waals surface area contributed by atoms with Crippen LogP contribution in [0.15, 0.2) is 15.1 Å². The number of methoxy groups -OCH3 is 1. The van der Waals surface area contributed by atoms with E-state index in [1.807, 2.05) is 4.57 Å². The van der Waals surface area contributed by atoms with Crippen LogP contribution >= 0.6 is 31.9 Å². The molecule has 1 aromatic rings. The second kappa shape index (κ2) is 7.98. The van der Waals surface area contributed by atoms with Crippen molar-refractivity contribution >= 4 is 51.9 Å². The number of Topliss-reactive ketones (excluding diaryl/α,β-unsaturated/α-hetero) is 1. The lowest BCUT2D eigenvalue weighted by Crippen LogP contribution is -2.45. The lowest BCUT2D eigenvalue weighted by Gasteiger charge is -2.37. The predicted molar refractivity (Wildman–Crippen MR) is 117 cm³/mol. The zero-order chi connectivity index (χ0) is 21.7. The van der Waals surface area contributed by atoms with Crippen LogP contribution in [-0.4, -0.2) is 43.5 Å². The number of nitrogens with zero attached hydrogens (tertiary/aromatic N) is 1. The number of hydrogen-bond acceptors (Lipinski definition) is 5. The molecule has 6 nitrogen and oxygen atoms in total. The maximum Gasteiger partial charge on any atom is 0.345 e.